The Morgan fingerprint density at radius 1 is 1.16 bits per heavy atom. The van der Waals surface area contributed by atoms with Crippen LogP contribution in [0.25, 0.3) is 0 Å². The summed E-state index contributed by atoms with van der Waals surface area (Å²) < 4.78 is 39.2. The van der Waals surface area contributed by atoms with Crippen LogP contribution in [0.4, 0.5) is 13.2 Å². The van der Waals surface area contributed by atoms with E-state index in [4.69, 9.17) is 0 Å². The summed E-state index contributed by atoms with van der Waals surface area (Å²) in [6.07, 6.45) is 0.237. The van der Waals surface area contributed by atoms with E-state index in [9.17, 15) is 23.1 Å². The van der Waals surface area contributed by atoms with Gasteiger partial charge in [-0.3, -0.25) is 4.79 Å². The molecule has 0 bridgehead atoms. The van der Waals surface area contributed by atoms with Crippen molar-refractivity contribution in [2.75, 3.05) is 13.1 Å². The second kappa shape index (κ2) is 5.61. The number of hydrogen-bond donors (Lipinski definition) is 1. The van der Waals surface area contributed by atoms with Crippen LogP contribution in [-0.4, -0.2) is 35.1 Å². The number of aliphatic hydroxyl groups is 1. The summed E-state index contributed by atoms with van der Waals surface area (Å²) in [7, 11) is 0. The molecule has 2 rings (SSSR count). The monoisotopic (exact) mass is 273 g/mol. The lowest BCUT2D eigenvalue weighted by molar-refractivity contribution is -0.132. The fourth-order valence-electron chi connectivity index (χ4n) is 2.09. The summed E-state index contributed by atoms with van der Waals surface area (Å²) in [6.45, 7) is 0.788. The Morgan fingerprint density at radius 2 is 1.74 bits per heavy atom. The van der Waals surface area contributed by atoms with Crippen molar-refractivity contribution >= 4 is 5.91 Å². The standard InChI is InChI=1S/C13H14F3NO2/c14-10-7-12(16)11(15)5-8(10)6-13(19)17-3-1-9(18)2-4-17/h5,7,9,18H,1-4,6H2. The Bertz CT molecular complexity index is 485. The number of nitrogens with zero attached hydrogens (tertiary/aromatic N) is 1. The number of hydrogen-bond acceptors (Lipinski definition) is 2. The van der Waals surface area contributed by atoms with Crippen molar-refractivity contribution < 1.29 is 23.1 Å². The normalized spacial score (nSPS) is 16.7. The number of rotatable bonds is 2. The SMILES string of the molecule is O=C(Cc1cc(F)c(F)cc1F)N1CCC(O)CC1. The minimum atomic E-state index is -1.27. The molecule has 1 aliphatic heterocycles. The van der Waals surface area contributed by atoms with Crippen LogP contribution in [0.5, 0.6) is 0 Å². The zero-order chi connectivity index (χ0) is 14.0. The van der Waals surface area contributed by atoms with Crippen LogP contribution in [0.2, 0.25) is 0 Å². The second-order valence-electron chi connectivity index (χ2n) is 4.65. The molecule has 0 aromatic heterocycles. The molecule has 0 unspecified atom stereocenters. The summed E-state index contributed by atoms with van der Waals surface area (Å²) in [5.41, 5.74) is -0.157. The highest BCUT2D eigenvalue weighted by Gasteiger charge is 2.22. The fourth-order valence-corrected chi connectivity index (χ4v) is 2.09. The largest absolute Gasteiger partial charge is 0.393 e. The van der Waals surface area contributed by atoms with Gasteiger partial charge in [0.15, 0.2) is 11.6 Å². The van der Waals surface area contributed by atoms with E-state index in [2.05, 4.69) is 0 Å². The van der Waals surface area contributed by atoms with E-state index in [1.807, 2.05) is 0 Å². The van der Waals surface area contributed by atoms with Crippen LogP contribution in [0, 0.1) is 17.5 Å². The van der Waals surface area contributed by atoms with Gasteiger partial charge < -0.3 is 10.0 Å². The molecule has 0 radical (unpaired) electrons. The summed E-state index contributed by atoms with van der Waals surface area (Å²) in [5, 5.41) is 9.32. The van der Waals surface area contributed by atoms with Crippen LogP contribution in [0.3, 0.4) is 0 Å². The van der Waals surface area contributed by atoms with Crippen LogP contribution >= 0.6 is 0 Å². The Morgan fingerprint density at radius 3 is 2.37 bits per heavy atom. The molecule has 6 heteroatoms. The van der Waals surface area contributed by atoms with Crippen molar-refractivity contribution in [2.24, 2.45) is 0 Å². The van der Waals surface area contributed by atoms with E-state index in [0.717, 1.165) is 0 Å². The minimum absolute atomic E-state index is 0.157. The molecule has 1 aromatic carbocycles. The first-order valence-corrected chi connectivity index (χ1v) is 6.06. The molecule has 3 nitrogen and oxygen atoms in total. The lowest BCUT2D eigenvalue weighted by atomic mass is 10.1. The van der Waals surface area contributed by atoms with Crippen LogP contribution in [0.1, 0.15) is 18.4 Å². The van der Waals surface area contributed by atoms with Gasteiger partial charge >= 0.3 is 0 Å². The molecule has 1 N–H and O–H groups in total. The molecule has 1 aromatic rings. The van der Waals surface area contributed by atoms with Crippen molar-refractivity contribution in [2.45, 2.75) is 25.4 Å². The maximum absolute atomic E-state index is 13.4. The highest BCUT2D eigenvalue weighted by molar-refractivity contribution is 5.78. The number of piperidine rings is 1. The lowest BCUT2D eigenvalue weighted by Crippen LogP contribution is -2.40. The second-order valence-corrected chi connectivity index (χ2v) is 4.65. The molecule has 1 heterocycles. The van der Waals surface area contributed by atoms with Crippen molar-refractivity contribution in [3.63, 3.8) is 0 Å². The third-order valence-electron chi connectivity index (χ3n) is 3.25. The molecule has 1 aliphatic rings. The molecule has 1 amide bonds. The van der Waals surface area contributed by atoms with Crippen LogP contribution in [-0.2, 0) is 11.2 Å². The van der Waals surface area contributed by atoms with Gasteiger partial charge in [-0.05, 0) is 18.9 Å². The molecule has 0 aliphatic carbocycles. The van der Waals surface area contributed by atoms with Gasteiger partial charge in [0.1, 0.15) is 5.82 Å². The Labute approximate surface area is 108 Å². The number of carbonyl (C=O) groups excluding carboxylic acids is 1. The highest BCUT2D eigenvalue weighted by atomic mass is 19.2. The number of aliphatic hydroxyl groups excluding tert-OH is 1. The number of benzene rings is 1. The van der Waals surface area contributed by atoms with Gasteiger partial charge in [-0.1, -0.05) is 0 Å². The van der Waals surface area contributed by atoms with Crippen LogP contribution in [0.15, 0.2) is 12.1 Å². The Kier molecular flexibility index (Phi) is 4.09. The minimum Gasteiger partial charge on any atom is -0.393 e. The van der Waals surface area contributed by atoms with Gasteiger partial charge in [-0.2, -0.15) is 0 Å². The van der Waals surface area contributed by atoms with Gasteiger partial charge in [0, 0.05) is 24.7 Å². The number of carbonyl (C=O) groups is 1. The topological polar surface area (TPSA) is 40.5 Å². The first kappa shape index (κ1) is 13.9. The zero-order valence-electron chi connectivity index (χ0n) is 10.2. The van der Waals surface area contributed by atoms with Crippen molar-refractivity contribution in [1.29, 1.82) is 0 Å². The smallest absolute Gasteiger partial charge is 0.227 e. The van der Waals surface area contributed by atoms with Gasteiger partial charge in [0.05, 0.1) is 12.5 Å². The van der Waals surface area contributed by atoms with Crippen molar-refractivity contribution in [3.8, 4) is 0 Å². The third-order valence-corrected chi connectivity index (χ3v) is 3.25. The number of likely N-dealkylation sites (tertiary alicyclic amines) is 1. The quantitative estimate of drug-likeness (QED) is 0.832. The van der Waals surface area contributed by atoms with Gasteiger partial charge in [0.25, 0.3) is 0 Å². The predicted molar refractivity (Wildman–Crippen MR) is 61.8 cm³/mol. The van der Waals surface area contributed by atoms with Crippen molar-refractivity contribution in [1.82, 2.24) is 4.90 Å². The third kappa shape index (κ3) is 3.26. The Balaban J connectivity index is 2.05. The summed E-state index contributed by atoms with van der Waals surface area (Å²) >= 11 is 0. The molecule has 0 atom stereocenters. The lowest BCUT2D eigenvalue weighted by Gasteiger charge is -2.29. The first-order valence-electron chi connectivity index (χ1n) is 6.06. The van der Waals surface area contributed by atoms with Crippen LogP contribution < -0.4 is 0 Å². The molecular formula is C13H14F3NO2. The van der Waals surface area contributed by atoms with E-state index < -0.39 is 23.6 Å². The first-order chi connectivity index (χ1) is 8.97. The zero-order valence-corrected chi connectivity index (χ0v) is 10.2. The summed E-state index contributed by atoms with van der Waals surface area (Å²) in [4.78, 5) is 13.4. The maximum atomic E-state index is 13.4. The average Bonchev–Trinajstić information content (AvgIpc) is 2.36. The average molecular weight is 273 g/mol. The van der Waals surface area contributed by atoms with Gasteiger partial charge in [-0.15, -0.1) is 0 Å². The predicted octanol–water partition coefficient (Wildman–Crippen LogP) is 1.63. The molecule has 0 spiro atoms. The van der Waals surface area contributed by atoms with Crippen molar-refractivity contribution in [3.05, 3.63) is 35.1 Å². The van der Waals surface area contributed by atoms with E-state index in [-0.39, 0.29) is 17.9 Å². The molecule has 0 saturated carbocycles. The van der Waals surface area contributed by atoms with E-state index in [1.165, 1.54) is 4.90 Å². The Hall–Kier alpha value is -1.56. The molecule has 19 heavy (non-hydrogen) atoms. The number of amides is 1. The molecule has 104 valence electrons. The molecular weight excluding hydrogens is 259 g/mol. The fraction of sp³-hybridized carbons (Fsp3) is 0.462. The van der Waals surface area contributed by atoms with Gasteiger partial charge in [-0.25, -0.2) is 13.2 Å². The van der Waals surface area contributed by atoms with E-state index in [0.29, 0.717) is 38.1 Å². The highest BCUT2D eigenvalue weighted by Crippen LogP contribution is 2.17. The molecule has 1 saturated heterocycles. The van der Waals surface area contributed by atoms with Gasteiger partial charge in [0.2, 0.25) is 5.91 Å². The number of halogens is 3. The van der Waals surface area contributed by atoms with E-state index >= 15 is 0 Å². The summed E-state index contributed by atoms with van der Waals surface area (Å²) in [5.74, 6) is -3.71. The maximum Gasteiger partial charge on any atom is 0.227 e. The van der Waals surface area contributed by atoms with E-state index in [1.54, 1.807) is 0 Å². The molecule has 1 fully saturated rings. The summed E-state index contributed by atoms with van der Waals surface area (Å²) in [6, 6.07) is 1.15.